The van der Waals surface area contributed by atoms with Crippen molar-refractivity contribution < 1.29 is 9.18 Å². The van der Waals surface area contributed by atoms with Crippen molar-refractivity contribution in [1.29, 1.82) is 0 Å². The molecule has 0 bridgehead atoms. The summed E-state index contributed by atoms with van der Waals surface area (Å²) in [5, 5.41) is 5.41. The van der Waals surface area contributed by atoms with E-state index in [-0.39, 0.29) is 18.1 Å². The molecule has 1 heterocycles. The van der Waals surface area contributed by atoms with Crippen LogP contribution < -0.4 is 5.32 Å². The van der Waals surface area contributed by atoms with Crippen LogP contribution in [0.5, 0.6) is 0 Å². The third-order valence-electron chi connectivity index (χ3n) is 3.11. The number of hydrogen-bond donors (Lipinski definition) is 1. The van der Waals surface area contributed by atoms with E-state index in [1.54, 1.807) is 12.1 Å². The first-order valence-corrected chi connectivity index (χ1v) is 8.82. The number of thiazole rings is 1. The Hall–Kier alpha value is -1.80. The Bertz CT molecular complexity index is 850. The van der Waals surface area contributed by atoms with Gasteiger partial charge in [-0.25, -0.2) is 9.37 Å². The summed E-state index contributed by atoms with van der Waals surface area (Å²) in [7, 11) is 0. The van der Waals surface area contributed by atoms with Crippen LogP contribution in [0.15, 0.2) is 53.9 Å². The summed E-state index contributed by atoms with van der Waals surface area (Å²) in [5.41, 5.74) is 2.19. The van der Waals surface area contributed by atoms with Crippen molar-refractivity contribution in [2.75, 3.05) is 5.32 Å². The molecule has 0 aliphatic rings. The maximum absolute atomic E-state index is 13.3. The molecule has 3 aromatic rings. The summed E-state index contributed by atoms with van der Waals surface area (Å²) in [4.78, 5) is 16.5. The van der Waals surface area contributed by atoms with Crippen LogP contribution in [0.3, 0.4) is 0 Å². The number of carbonyl (C=O) groups is 1. The Labute approximate surface area is 150 Å². The van der Waals surface area contributed by atoms with E-state index in [0.29, 0.717) is 10.7 Å². The van der Waals surface area contributed by atoms with E-state index in [1.165, 1.54) is 23.5 Å². The summed E-state index contributed by atoms with van der Waals surface area (Å²) in [6.07, 6.45) is 0.191. The smallest absolute Gasteiger partial charge is 0.230 e. The number of anilines is 1. The lowest BCUT2D eigenvalue weighted by Gasteiger charge is -2.05. The molecule has 0 aliphatic heterocycles. The van der Waals surface area contributed by atoms with Gasteiger partial charge in [0.15, 0.2) is 0 Å². The van der Waals surface area contributed by atoms with Crippen molar-refractivity contribution in [3.05, 3.63) is 69.0 Å². The van der Waals surface area contributed by atoms with Crippen LogP contribution in [-0.2, 0) is 11.2 Å². The number of benzene rings is 2. The van der Waals surface area contributed by atoms with Gasteiger partial charge in [-0.1, -0.05) is 24.3 Å². The quantitative estimate of drug-likeness (QED) is 0.599. The highest BCUT2D eigenvalue weighted by Crippen LogP contribution is 2.24. The first-order chi connectivity index (χ1) is 11.1. The van der Waals surface area contributed by atoms with Gasteiger partial charge < -0.3 is 5.32 Å². The van der Waals surface area contributed by atoms with Crippen LogP contribution in [-0.4, -0.2) is 10.9 Å². The number of carbonyl (C=O) groups excluding carboxylic acids is 1. The van der Waals surface area contributed by atoms with Crippen molar-refractivity contribution in [1.82, 2.24) is 4.98 Å². The van der Waals surface area contributed by atoms with Crippen LogP contribution >= 0.6 is 33.9 Å². The van der Waals surface area contributed by atoms with E-state index in [9.17, 15) is 9.18 Å². The van der Waals surface area contributed by atoms with Crippen LogP contribution in [0.25, 0.3) is 10.6 Å². The molecule has 0 atom stereocenters. The molecular formula is C17H12FIN2OS. The molecule has 0 radical (unpaired) electrons. The molecular weight excluding hydrogens is 426 g/mol. The lowest BCUT2D eigenvalue weighted by molar-refractivity contribution is -0.115. The number of amides is 1. The molecule has 0 unspecified atom stereocenters. The number of rotatable bonds is 4. The summed E-state index contributed by atoms with van der Waals surface area (Å²) in [6, 6.07) is 13.9. The van der Waals surface area contributed by atoms with E-state index in [4.69, 9.17) is 0 Å². The normalized spacial score (nSPS) is 10.5. The molecule has 1 aromatic heterocycles. The van der Waals surface area contributed by atoms with Gasteiger partial charge in [0, 0.05) is 14.5 Å². The lowest BCUT2D eigenvalue weighted by Crippen LogP contribution is -2.15. The fraction of sp³-hybridized carbons (Fsp3) is 0.0588. The number of nitrogens with one attached hydrogen (secondary N) is 1. The SMILES string of the molecule is O=C(Cc1csc(-c2cccc(F)c2)n1)Nc1ccccc1I. The Morgan fingerprint density at radius 1 is 1.22 bits per heavy atom. The Morgan fingerprint density at radius 2 is 2.04 bits per heavy atom. The van der Waals surface area contributed by atoms with Crippen LogP contribution in [0, 0.1) is 9.39 Å². The maximum atomic E-state index is 13.3. The lowest BCUT2D eigenvalue weighted by atomic mass is 10.2. The molecule has 6 heteroatoms. The highest BCUT2D eigenvalue weighted by atomic mass is 127. The standard InChI is InChI=1S/C17H12FIN2OS/c18-12-5-3-4-11(8-12)17-20-13(10-23-17)9-16(22)21-15-7-2-1-6-14(15)19/h1-8,10H,9H2,(H,21,22). The molecule has 1 N–H and O–H groups in total. The minimum absolute atomic E-state index is 0.120. The highest BCUT2D eigenvalue weighted by molar-refractivity contribution is 14.1. The average Bonchev–Trinajstić information content (AvgIpc) is 2.98. The Balaban J connectivity index is 1.69. The second kappa shape index (κ2) is 7.18. The van der Waals surface area contributed by atoms with E-state index in [0.717, 1.165) is 14.8 Å². The van der Waals surface area contributed by atoms with Gasteiger partial charge in [0.2, 0.25) is 5.91 Å². The predicted octanol–water partition coefficient (Wildman–Crippen LogP) is 4.74. The van der Waals surface area contributed by atoms with Crippen molar-refractivity contribution in [2.45, 2.75) is 6.42 Å². The summed E-state index contributed by atoms with van der Waals surface area (Å²) < 4.78 is 14.2. The van der Waals surface area contributed by atoms with Gasteiger partial charge in [0.1, 0.15) is 10.8 Å². The van der Waals surface area contributed by atoms with Gasteiger partial charge in [0.05, 0.1) is 17.8 Å². The van der Waals surface area contributed by atoms with Gasteiger partial charge in [-0.05, 0) is 46.9 Å². The number of para-hydroxylation sites is 1. The van der Waals surface area contributed by atoms with Gasteiger partial charge in [-0.15, -0.1) is 11.3 Å². The minimum atomic E-state index is -0.296. The number of aromatic nitrogens is 1. The molecule has 3 rings (SSSR count). The van der Waals surface area contributed by atoms with Gasteiger partial charge >= 0.3 is 0 Å². The molecule has 116 valence electrons. The molecule has 0 saturated carbocycles. The van der Waals surface area contributed by atoms with Crippen LogP contribution in [0.2, 0.25) is 0 Å². The molecule has 1 amide bonds. The zero-order valence-electron chi connectivity index (χ0n) is 11.9. The maximum Gasteiger partial charge on any atom is 0.230 e. The minimum Gasteiger partial charge on any atom is -0.325 e. The molecule has 0 fully saturated rings. The van der Waals surface area contributed by atoms with E-state index >= 15 is 0 Å². The van der Waals surface area contributed by atoms with Crippen molar-refractivity contribution >= 4 is 45.5 Å². The highest BCUT2D eigenvalue weighted by Gasteiger charge is 2.10. The van der Waals surface area contributed by atoms with Gasteiger partial charge in [-0.2, -0.15) is 0 Å². The third-order valence-corrected chi connectivity index (χ3v) is 4.99. The molecule has 0 spiro atoms. The molecule has 23 heavy (non-hydrogen) atoms. The monoisotopic (exact) mass is 438 g/mol. The molecule has 3 nitrogen and oxygen atoms in total. The second-order valence-electron chi connectivity index (χ2n) is 4.86. The van der Waals surface area contributed by atoms with Crippen LogP contribution in [0.4, 0.5) is 10.1 Å². The van der Waals surface area contributed by atoms with Crippen molar-refractivity contribution in [2.24, 2.45) is 0 Å². The summed E-state index contributed by atoms with van der Waals surface area (Å²) in [6.45, 7) is 0. The van der Waals surface area contributed by atoms with Crippen LogP contribution in [0.1, 0.15) is 5.69 Å². The fourth-order valence-corrected chi connectivity index (χ4v) is 3.40. The van der Waals surface area contributed by atoms with Crippen molar-refractivity contribution in [3.63, 3.8) is 0 Å². The van der Waals surface area contributed by atoms with E-state index in [1.807, 2.05) is 29.6 Å². The predicted molar refractivity (Wildman–Crippen MR) is 99.0 cm³/mol. The topological polar surface area (TPSA) is 42.0 Å². The number of nitrogens with zero attached hydrogens (tertiary/aromatic N) is 1. The zero-order valence-corrected chi connectivity index (χ0v) is 14.9. The molecule has 2 aromatic carbocycles. The Morgan fingerprint density at radius 3 is 2.83 bits per heavy atom. The van der Waals surface area contributed by atoms with Gasteiger partial charge in [-0.3, -0.25) is 4.79 Å². The zero-order chi connectivity index (χ0) is 16.2. The third kappa shape index (κ3) is 4.14. The van der Waals surface area contributed by atoms with Gasteiger partial charge in [0.25, 0.3) is 0 Å². The summed E-state index contributed by atoms with van der Waals surface area (Å²) >= 11 is 3.58. The van der Waals surface area contributed by atoms with E-state index in [2.05, 4.69) is 32.9 Å². The average molecular weight is 438 g/mol. The van der Waals surface area contributed by atoms with Crippen molar-refractivity contribution in [3.8, 4) is 10.6 Å². The largest absolute Gasteiger partial charge is 0.325 e. The number of halogens is 2. The first-order valence-electron chi connectivity index (χ1n) is 6.86. The second-order valence-corrected chi connectivity index (χ2v) is 6.88. The number of hydrogen-bond acceptors (Lipinski definition) is 3. The fourth-order valence-electron chi connectivity index (χ4n) is 2.06. The van der Waals surface area contributed by atoms with E-state index < -0.39 is 0 Å². The first kappa shape index (κ1) is 16.1. The molecule has 0 aliphatic carbocycles. The summed E-state index contributed by atoms with van der Waals surface area (Å²) in [5.74, 6) is -0.416. The Kier molecular flexibility index (Phi) is 5.02. The molecule has 0 saturated heterocycles.